The molecular formula is C6H15NO2S. The van der Waals surface area contributed by atoms with E-state index in [4.69, 9.17) is 4.55 Å². The second-order valence-corrected chi connectivity index (χ2v) is 3.10. The maximum absolute atomic E-state index is 10.2. The van der Waals surface area contributed by atoms with Crippen LogP contribution in [0, 0.1) is 0 Å². The summed E-state index contributed by atoms with van der Waals surface area (Å²) >= 11 is -1.63. The minimum atomic E-state index is -1.63. The summed E-state index contributed by atoms with van der Waals surface area (Å²) in [7, 11) is 0. The average Bonchev–Trinajstić information content (AvgIpc) is 1.90. The van der Waals surface area contributed by atoms with Gasteiger partial charge in [-0.1, -0.05) is 13.8 Å². The molecule has 0 rings (SSSR count). The van der Waals surface area contributed by atoms with Crippen LogP contribution in [0.4, 0.5) is 0 Å². The molecule has 0 aliphatic carbocycles. The first-order valence-corrected chi connectivity index (χ1v) is 4.78. The highest BCUT2D eigenvalue weighted by Gasteiger charge is 1.99. The van der Waals surface area contributed by atoms with Crippen LogP contribution in [0.15, 0.2) is 0 Å². The second kappa shape index (κ2) is 5.82. The molecule has 0 aliphatic heterocycles. The van der Waals surface area contributed by atoms with Crippen molar-refractivity contribution in [3.8, 4) is 0 Å². The summed E-state index contributed by atoms with van der Waals surface area (Å²) in [6, 6.07) is 0. The lowest BCUT2D eigenvalue weighted by atomic mass is 10.5. The SMILES string of the molecule is CCN(CC)CCS(=O)O. The maximum atomic E-state index is 10.2. The van der Waals surface area contributed by atoms with E-state index in [2.05, 4.69) is 4.90 Å². The van der Waals surface area contributed by atoms with Crippen molar-refractivity contribution in [3.63, 3.8) is 0 Å². The van der Waals surface area contributed by atoms with Crippen LogP contribution < -0.4 is 0 Å². The minimum Gasteiger partial charge on any atom is -0.306 e. The monoisotopic (exact) mass is 165 g/mol. The topological polar surface area (TPSA) is 40.5 Å². The standard InChI is InChI=1S/C6H15NO2S/c1-3-7(4-2)5-6-10(8)9/h3-6H2,1-2H3,(H,8,9). The van der Waals surface area contributed by atoms with Crippen molar-refractivity contribution in [2.75, 3.05) is 25.4 Å². The highest BCUT2D eigenvalue weighted by atomic mass is 32.2. The molecule has 0 aromatic carbocycles. The molecule has 0 aromatic rings. The van der Waals surface area contributed by atoms with E-state index in [1.165, 1.54) is 0 Å². The quantitative estimate of drug-likeness (QED) is 0.605. The molecule has 0 saturated carbocycles. The van der Waals surface area contributed by atoms with Crippen LogP contribution in [0.1, 0.15) is 13.8 Å². The van der Waals surface area contributed by atoms with Crippen molar-refractivity contribution in [3.05, 3.63) is 0 Å². The predicted octanol–water partition coefficient (Wildman–Crippen LogP) is 0.550. The molecule has 0 bridgehead atoms. The molecule has 0 fully saturated rings. The largest absolute Gasteiger partial charge is 0.306 e. The fourth-order valence-electron chi connectivity index (χ4n) is 0.747. The van der Waals surface area contributed by atoms with Gasteiger partial charge in [0, 0.05) is 6.54 Å². The summed E-state index contributed by atoms with van der Waals surface area (Å²) < 4.78 is 18.7. The molecule has 0 aromatic heterocycles. The first-order chi connectivity index (χ1) is 4.70. The third-order valence-electron chi connectivity index (χ3n) is 1.48. The summed E-state index contributed by atoms with van der Waals surface area (Å²) in [5.41, 5.74) is 0. The van der Waals surface area contributed by atoms with Crippen molar-refractivity contribution in [1.29, 1.82) is 0 Å². The first kappa shape index (κ1) is 10.1. The zero-order chi connectivity index (χ0) is 7.98. The van der Waals surface area contributed by atoms with Gasteiger partial charge in [-0.3, -0.25) is 0 Å². The van der Waals surface area contributed by atoms with Gasteiger partial charge in [0.25, 0.3) is 0 Å². The highest BCUT2D eigenvalue weighted by Crippen LogP contribution is 1.86. The van der Waals surface area contributed by atoms with Gasteiger partial charge in [-0.15, -0.1) is 0 Å². The van der Waals surface area contributed by atoms with Gasteiger partial charge < -0.3 is 9.45 Å². The number of nitrogens with zero attached hydrogens (tertiary/aromatic N) is 1. The number of hydrogen-bond donors (Lipinski definition) is 1. The second-order valence-electron chi connectivity index (χ2n) is 2.05. The molecule has 0 aliphatic rings. The molecule has 1 atom stereocenters. The smallest absolute Gasteiger partial charge is 0.154 e. The van der Waals surface area contributed by atoms with Crippen LogP contribution in [-0.4, -0.2) is 39.0 Å². The molecule has 0 amide bonds. The van der Waals surface area contributed by atoms with Crippen molar-refractivity contribution < 1.29 is 8.76 Å². The van der Waals surface area contributed by atoms with E-state index in [0.29, 0.717) is 5.75 Å². The van der Waals surface area contributed by atoms with E-state index in [9.17, 15) is 4.21 Å². The lowest BCUT2D eigenvalue weighted by molar-refractivity contribution is 0.321. The Morgan fingerprint density at radius 2 is 1.90 bits per heavy atom. The molecular weight excluding hydrogens is 150 g/mol. The van der Waals surface area contributed by atoms with Gasteiger partial charge in [0.15, 0.2) is 11.1 Å². The Morgan fingerprint density at radius 3 is 2.20 bits per heavy atom. The van der Waals surface area contributed by atoms with Crippen LogP contribution in [0.25, 0.3) is 0 Å². The molecule has 1 N–H and O–H groups in total. The summed E-state index contributed by atoms with van der Waals surface area (Å²) in [6.07, 6.45) is 0. The zero-order valence-corrected chi connectivity index (χ0v) is 7.36. The average molecular weight is 165 g/mol. The van der Waals surface area contributed by atoms with E-state index in [0.717, 1.165) is 19.6 Å². The summed E-state index contributed by atoms with van der Waals surface area (Å²) in [6.45, 7) is 6.71. The van der Waals surface area contributed by atoms with Crippen molar-refractivity contribution in [2.45, 2.75) is 13.8 Å². The Labute approximate surface area is 64.7 Å². The molecule has 0 saturated heterocycles. The van der Waals surface area contributed by atoms with E-state index in [-0.39, 0.29) is 0 Å². The van der Waals surface area contributed by atoms with E-state index >= 15 is 0 Å². The minimum absolute atomic E-state index is 0.363. The van der Waals surface area contributed by atoms with Gasteiger partial charge in [-0.05, 0) is 13.1 Å². The summed E-state index contributed by atoms with van der Waals surface area (Å²) in [5.74, 6) is 0.363. The molecule has 3 nitrogen and oxygen atoms in total. The Bertz CT molecular complexity index is 104. The molecule has 0 heterocycles. The summed E-state index contributed by atoms with van der Waals surface area (Å²) in [4.78, 5) is 2.12. The molecule has 4 heteroatoms. The van der Waals surface area contributed by atoms with Crippen LogP contribution in [0.5, 0.6) is 0 Å². The van der Waals surface area contributed by atoms with Gasteiger partial charge >= 0.3 is 0 Å². The number of hydrogen-bond acceptors (Lipinski definition) is 2. The Kier molecular flexibility index (Phi) is 5.87. The van der Waals surface area contributed by atoms with Crippen molar-refractivity contribution >= 4 is 11.1 Å². The van der Waals surface area contributed by atoms with Gasteiger partial charge in [-0.2, -0.15) is 0 Å². The van der Waals surface area contributed by atoms with Crippen LogP contribution in [-0.2, 0) is 11.1 Å². The molecule has 0 spiro atoms. The van der Waals surface area contributed by atoms with Crippen molar-refractivity contribution in [1.82, 2.24) is 4.90 Å². The fourth-order valence-corrected chi connectivity index (χ4v) is 1.16. The molecule has 10 heavy (non-hydrogen) atoms. The predicted molar refractivity (Wildman–Crippen MR) is 43.4 cm³/mol. The lowest BCUT2D eigenvalue weighted by Crippen LogP contribution is -2.27. The molecule has 1 unspecified atom stereocenters. The number of rotatable bonds is 5. The molecule has 0 radical (unpaired) electrons. The third kappa shape index (κ3) is 4.90. The third-order valence-corrected chi connectivity index (χ3v) is 2.01. The van der Waals surface area contributed by atoms with Crippen molar-refractivity contribution in [2.24, 2.45) is 0 Å². The summed E-state index contributed by atoms with van der Waals surface area (Å²) in [5, 5.41) is 0. The maximum Gasteiger partial charge on any atom is 0.154 e. The Hall–Kier alpha value is 0.0700. The van der Waals surface area contributed by atoms with Gasteiger partial charge in [0.1, 0.15) is 0 Å². The first-order valence-electron chi connectivity index (χ1n) is 3.50. The Morgan fingerprint density at radius 1 is 1.40 bits per heavy atom. The van der Waals surface area contributed by atoms with Gasteiger partial charge in [-0.25, -0.2) is 4.21 Å². The van der Waals surface area contributed by atoms with Gasteiger partial charge in [0.2, 0.25) is 0 Å². The Balaban J connectivity index is 3.34. The van der Waals surface area contributed by atoms with Crippen LogP contribution >= 0.6 is 0 Å². The van der Waals surface area contributed by atoms with Crippen LogP contribution in [0.3, 0.4) is 0 Å². The van der Waals surface area contributed by atoms with E-state index in [1.807, 2.05) is 13.8 Å². The van der Waals surface area contributed by atoms with Crippen LogP contribution in [0.2, 0.25) is 0 Å². The van der Waals surface area contributed by atoms with E-state index < -0.39 is 11.1 Å². The highest BCUT2D eigenvalue weighted by molar-refractivity contribution is 7.79. The molecule has 62 valence electrons. The lowest BCUT2D eigenvalue weighted by Gasteiger charge is -2.15. The van der Waals surface area contributed by atoms with Gasteiger partial charge in [0.05, 0.1) is 5.75 Å². The normalized spacial score (nSPS) is 14.0. The van der Waals surface area contributed by atoms with E-state index in [1.54, 1.807) is 0 Å². The zero-order valence-electron chi connectivity index (χ0n) is 6.54. The fraction of sp³-hybridized carbons (Fsp3) is 1.00.